The number of aryl methyl sites for hydroxylation is 1. The van der Waals surface area contributed by atoms with E-state index in [0.29, 0.717) is 17.0 Å². The molecule has 0 spiro atoms. The summed E-state index contributed by atoms with van der Waals surface area (Å²) in [5.74, 6) is 0.525. The molecule has 0 saturated heterocycles. The largest absolute Gasteiger partial charge is 0.315 e. The molecule has 66 valence electrons. The second-order valence-electron chi connectivity index (χ2n) is 2.51. The van der Waals surface area contributed by atoms with E-state index >= 15 is 0 Å². The van der Waals surface area contributed by atoms with E-state index in [4.69, 9.17) is 11.6 Å². The molecule has 2 heterocycles. The van der Waals surface area contributed by atoms with Gasteiger partial charge in [-0.15, -0.1) is 0 Å². The molecule has 0 aliphatic carbocycles. The van der Waals surface area contributed by atoms with Gasteiger partial charge in [0.05, 0.1) is 6.20 Å². The van der Waals surface area contributed by atoms with Crippen molar-refractivity contribution in [3.63, 3.8) is 0 Å². The number of H-pyrrole nitrogens is 1. The molecular formula is C7H5ClN4O. The Morgan fingerprint density at radius 3 is 3.00 bits per heavy atom. The molecule has 2 aromatic rings. The number of hydrogen-bond acceptors (Lipinski definition) is 4. The number of aromatic amines is 1. The zero-order valence-corrected chi connectivity index (χ0v) is 7.46. The predicted molar refractivity (Wildman–Crippen MR) is 47.7 cm³/mol. The van der Waals surface area contributed by atoms with E-state index in [0.717, 1.165) is 6.20 Å². The highest BCUT2D eigenvalue weighted by Gasteiger charge is 2.04. The van der Waals surface area contributed by atoms with Gasteiger partial charge < -0.3 is 4.98 Å². The van der Waals surface area contributed by atoms with Gasteiger partial charge in [0.1, 0.15) is 11.3 Å². The lowest BCUT2D eigenvalue weighted by Crippen LogP contribution is -2.07. The fraction of sp³-hybridized carbons (Fsp3) is 0.143. The van der Waals surface area contributed by atoms with E-state index in [1.165, 1.54) is 0 Å². The molecule has 0 aromatic carbocycles. The number of halogens is 1. The van der Waals surface area contributed by atoms with Gasteiger partial charge >= 0.3 is 0 Å². The van der Waals surface area contributed by atoms with E-state index in [2.05, 4.69) is 19.9 Å². The Morgan fingerprint density at radius 1 is 1.46 bits per heavy atom. The van der Waals surface area contributed by atoms with Crippen LogP contribution in [0.4, 0.5) is 0 Å². The third-order valence-electron chi connectivity index (χ3n) is 1.51. The first-order chi connectivity index (χ1) is 6.16. The first-order valence-corrected chi connectivity index (χ1v) is 3.94. The van der Waals surface area contributed by atoms with Crippen LogP contribution in [0.15, 0.2) is 11.0 Å². The van der Waals surface area contributed by atoms with Crippen LogP contribution in [-0.2, 0) is 0 Å². The maximum atomic E-state index is 10.9. The summed E-state index contributed by atoms with van der Waals surface area (Å²) >= 11 is 5.77. The summed E-state index contributed by atoms with van der Waals surface area (Å²) in [4.78, 5) is 25.1. The van der Waals surface area contributed by atoms with Gasteiger partial charge in [0, 0.05) is 0 Å². The lowest BCUT2D eigenvalue weighted by atomic mass is 10.5. The Balaban J connectivity index is 2.95. The lowest BCUT2D eigenvalue weighted by molar-refractivity contribution is 1.05. The molecule has 0 fully saturated rings. The molecule has 13 heavy (non-hydrogen) atoms. The first-order valence-electron chi connectivity index (χ1n) is 3.56. The summed E-state index contributed by atoms with van der Waals surface area (Å²) in [6, 6.07) is 0. The molecule has 0 atom stereocenters. The lowest BCUT2D eigenvalue weighted by Gasteiger charge is -1.98. The van der Waals surface area contributed by atoms with E-state index in [1.54, 1.807) is 6.92 Å². The van der Waals surface area contributed by atoms with Gasteiger partial charge in [-0.1, -0.05) is 11.6 Å². The molecule has 0 aliphatic rings. The van der Waals surface area contributed by atoms with Crippen molar-refractivity contribution < 1.29 is 0 Å². The van der Waals surface area contributed by atoms with Gasteiger partial charge in [-0.2, -0.15) is 0 Å². The van der Waals surface area contributed by atoms with Gasteiger partial charge in [0.15, 0.2) is 10.8 Å². The highest BCUT2D eigenvalue weighted by Crippen LogP contribution is 2.13. The molecule has 0 aliphatic heterocycles. The minimum atomic E-state index is -0.318. The molecule has 6 heteroatoms. The van der Waals surface area contributed by atoms with E-state index in [-0.39, 0.29) is 10.7 Å². The second-order valence-corrected chi connectivity index (χ2v) is 2.87. The Kier molecular flexibility index (Phi) is 1.73. The second kappa shape index (κ2) is 2.77. The van der Waals surface area contributed by atoms with Crippen LogP contribution in [0.3, 0.4) is 0 Å². The number of rotatable bonds is 0. The smallest absolute Gasteiger partial charge is 0.267 e. The fourth-order valence-electron chi connectivity index (χ4n) is 1.00. The van der Waals surface area contributed by atoms with Crippen molar-refractivity contribution in [3.8, 4) is 0 Å². The van der Waals surface area contributed by atoms with Crippen molar-refractivity contribution in [2.45, 2.75) is 6.92 Å². The van der Waals surface area contributed by atoms with Crippen molar-refractivity contribution in [3.05, 3.63) is 27.5 Å². The molecule has 5 nitrogen and oxygen atoms in total. The number of aromatic nitrogens is 4. The molecule has 0 saturated carbocycles. The number of nitrogens with one attached hydrogen (secondary N) is 1. The summed E-state index contributed by atoms with van der Waals surface area (Å²) in [6.07, 6.45) is 1.16. The summed E-state index contributed by atoms with van der Waals surface area (Å²) in [7, 11) is 0. The molecule has 2 aromatic heterocycles. The Morgan fingerprint density at radius 2 is 2.23 bits per heavy atom. The van der Waals surface area contributed by atoms with Crippen LogP contribution in [0, 0.1) is 6.92 Å². The predicted octanol–water partition coefficient (Wildman–Crippen LogP) is 0.675. The van der Waals surface area contributed by atoms with Crippen molar-refractivity contribution in [2.24, 2.45) is 0 Å². The summed E-state index contributed by atoms with van der Waals surface area (Å²) in [5, 5.41) is 0.215. The Labute approximate surface area is 77.8 Å². The Bertz CT molecular complexity index is 521. The first kappa shape index (κ1) is 8.12. The maximum absolute atomic E-state index is 10.9. The van der Waals surface area contributed by atoms with Crippen LogP contribution < -0.4 is 5.56 Å². The minimum absolute atomic E-state index is 0.215. The van der Waals surface area contributed by atoms with Crippen LogP contribution >= 0.6 is 11.6 Å². The van der Waals surface area contributed by atoms with Crippen molar-refractivity contribution in [1.29, 1.82) is 0 Å². The van der Waals surface area contributed by atoms with E-state index < -0.39 is 0 Å². The quantitative estimate of drug-likeness (QED) is 0.629. The molecule has 0 amide bonds. The number of hydrogen-bond donors (Lipinski definition) is 1. The average Bonchev–Trinajstić information content (AvgIpc) is 2.06. The van der Waals surface area contributed by atoms with Crippen LogP contribution in [0.25, 0.3) is 11.2 Å². The Hall–Kier alpha value is -1.49. The van der Waals surface area contributed by atoms with Crippen LogP contribution in [-0.4, -0.2) is 19.9 Å². The molecule has 0 unspecified atom stereocenters. The van der Waals surface area contributed by atoms with Crippen molar-refractivity contribution in [1.82, 2.24) is 19.9 Å². The van der Waals surface area contributed by atoms with Gasteiger partial charge in [-0.3, -0.25) is 4.79 Å². The maximum Gasteiger partial charge on any atom is 0.267 e. The van der Waals surface area contributed by atoms with Gasteiger partial charge in [-0.25, -0.2) is 15.0 Å². The molecule has 0 radical (unpaired) electrons. The van der Waals surface area contributed by atoms with Crippen LogP contribution in [0.5, 0.6) is 0 Å². The molecule has 1 N–H and O–H groups in total. The molecular weight excluding hydrogens is 192 g/mol. The van der Waals surface area contributed by atoms with Gasteiger partial charge in [-0.05, 0) is 6.92 Å². The highest BCUT2D eigenvalue weighted by molar-refractivity contribution is 6.33. The van der Waals surface area contributed by atoms with Crippen LogP contribution in [0.2, 0.25) is 5.15 Å². The van der Waals surface area contributed by atoms with Crippen molar-refractivity contribution >= 4 is 22.8 Å². The van der Waals surface area contributed by atoms with Gasteiger partial charge in [0.25, 0.3) is 5.56 Å². The molecule has 2 rings (SSSR count). The summed E-state index contributed by atoms with van der Waals surface area (Å²) in [6.45, 7) is 1.71. The van der Waals surface area contributed by atoms with Crippen LogP contribution in [0.1, 0.15) is 5.82 Å². The average molecular weight is 197 g/mol. The standard InChI is InChI=1S/C7H5ClN4O/c1-3-10-6(8)5-7(11-3)9-2-4(13)12-5/h2H,1H3,(H,12,13). The monoisotopic (exact) mass is 196 g/mol. The fourth-order valence-corrected chi connectivity index (χ4v) is 1.25. The zero-order chi connectivity index (χ0) is 9.42. The van der Waals surface area contributed by atoms with E-state index in [1.807, 2.05) is 0 Å². The third kappa shape index (κ3) is 1.38. The van der Waals surface area contributed by atoms with Gasteiger partial charge in [0.2, 0.25) is 0 Å². The SMILES string of the molecule is Cc1nc(Cl)c2[nH]c(=O)cnc2n1. The number of nitrogens with zero attached hydrogens (tertiary/aromatic N) is 3. The van der Waals surface area contributed by atoms with Crippen molar-refractivity contribution in [2.75, 3.05) is 0 Å². The number of fused-ring (bicyclic) bond motifs is 1. The topological polar surface area (TPSA) is 71.5 Å². The normalized spacial score (nSPS) is 10.6. The summed E-state index contributed by atoms with van der Waals surface area (Å²) in [5.41, 5.74) is 0.457. The van der Waals surface area contributed by atoms with E-state index in [9.17, 15) is 4.79 Å². The highest BCUT2D eigenvalue weighted by atomic mass is 35.5. The minimum Gasteiger partial charge on any atom is -0.315 e. The third-order valence-corrected chi connectivity index (χ3v) is 1.78. The molecule has 0 bridgehead atoms. The summed E-state index contributed by atoms with van der Waals surface area (Å²) < 4.78 is 0. The zero-order valence-electron chi connectivity index (χ0n) is 6.71.